The molecule has 0 bridgehead atoms. The maximum atomic E-state index is 11.6. The van der Waals surface area contributed by atoms with Gasteiger partial charge in [-0.15, -0.1) is 13.2 Å². The quantitative estimate of drug-likeness (QED) is 0.390. The highest BCUT2D eigenvalue weighted by atomic mass is 16.7. The highest BCUT2D eigenvalue weighted by Crippen LogP contribution is 2.29. The summed E-state index contributed by atoms with van der Waals surface area (Å²) >= 11 is 0. The Bertz CT molecular complexity index is 633. The van der Waals surface area contributed by atoms with E-state index < -0.39 is 36.7 Å². The Hall–Kier alpha value is -2.03. The summed E-state index contributed by atoms with van der Waals surface area (Å²) in [6.45, 7) is 9.85. The molecule has 1 heterocycles. The molecule has 1 aromatic rings. The summed E-state index contributed by atoms with van der Waals surface area (Å²) in [5.41, 5.74) is 1.05. The Morgan fingerprint density at radius 2 is 1.76 bits per heavy atom. The van der Waals surface area contributed by atoms with Gasteiger partial charge in [0.15, 0.2) is 12.4 Å². The van der Waals surface area contributed by atoms with Gasteiger partial charge in [0, 0.05) is 14.0 Å². The van der Waals surface area contributed by atoms with Crippen molar-refractivity contribution in [3.8, 4) is 0 Å². The van der Waals surface area contributed by atoms with Crippen LogP contribution in [0.1, 0.15) is 12.5 Å². The van der Waals surface area contributed by atoms with Gasteiger partial charge in [0.1, 0.15) is 18.3 Å². The van der Waals surface area contributed by atoms with Crippen molar-refractivity contribution in [1.82, 2.24) is 0 Å². The molecular formula is C22H30O7. The number of rotatable bonds is 12. The Morgan fingerprint density at radius 1 is 1.07 bits per heavy atom. The third kappa shape index (κ3) is 7.06. The van der Waals surface area contributed by atoms with E-state index in [-0.39, 0.29) is 19.8 Å². The van der Waals surface area contributed by atoms with E-state index in [1.165, 1.54) is 14.0 Å². The number of carbonyl (C=O) groups excluding carboxylic acids is 1. The molecule has 160 valence electrons. The molecule has 1 aromatic carbocycles. The van der Waals surface area contributed by atoms with E-state index in [1.54, 1.807) is 12.2 Å². The fraction of sp³-hybridized carbons (Fsp3) is 0.500. The molecule has 1 aliphatic rings. The molecule has 0 aromatic heterocycles. The number of ether oxygens (including phenoxy) is 6. The molecule has 1 fully saturated rings. The molecule has 29 heavy (non-hydrogen) atoms. The zero-order chi connectivity index (χ0) is 21.1. The molecule has 0 amide bonds. The van der Waals surface area contributed by atoms with Crippen LogP contribution in [0.2, 0.25) is 0 Å². The van der Waals surface area contributed by atoms with Gasteiger partial charge in [-0.25, -0.2) is 0 Å². The molecule has 0 saturated carbocycles. The average molecular weight is 406 g/mol. The van der Waals surface area contributed by atoms with E-state index in [0.717, 1.165) is 5.56 Å². The average Bonchev–Trinajstić information content (AvgIpc) is 2.72. The van der Waals surface area contributed by atoms with Gasteiger partial charge in [-0.2, -0.15) is 0 Å². The second-order valence-corrected chi connectivity index (χ2v) is 6.53. The predicted molar refractivity (Wildman–Crippen MR) is 107 cm³/mol. The van der Waals surface area contributed by atoms with Gasteiger partial charge in [0.2, 0.25) is 0 Å². The number of carbonyl (C=O) groups is 1. The van der Waals surface area contributed by atoms with Crippen molar-refractivity contribution in [3.63, 3.8) is 0 Å². The minimum absolute atomic E-state index is 0.231. The van der Waals surface area contributed by atoms with Crippen molar-refractivity contribution < 1.29 is 33.2 Å². The lowest BCUT2D eigenvalue weighted by atomic mass is 9.98. The molecular weight excluding hydrogens is 376 g/mol. The summed E-state index contributed by atoms with van der Waals surface area (Å²) < 4.78 is 34.6. The second kappa shape index (κ2) is 12.5. The maximum absolute atomic E-state index is 11.6. The molecule has 7 nitrogen and oxygen atoms in total. The van der Waals surface area contributed by atoms with Crippen molar-refractivity contribution in [2.75, 3.05) is 26.9 Å². The van der Waals surface area contributed by atoms with E-state index >= 15 is 0 Å². The summed E-state index contributed by atoms with van der Waals surface area (Å²) in [5.74, 6) is -0.464. The first-order chi connectivity index (χ1) is 14.1. The van der Waals surface area contributed by atoms with Crippen LogP contribution in [0.3, 0.4) is 0 Å². The van der Waals surface area contributed by atoms with Gasteiger partial charge in [0.25, 0.3) is 0 Å². The van der Waals surface area contributed by atoms with Crippen LogP contribution in [0.15, 0.2) is 55.6 Å². The maximum Gasteiger partial charge on any atom is 0.303 e. The molecule has 1 saturated heterocycles. The molecule has 0 N–H and O–H groups in total. The number of methoxy groups -OCH3 is 1. The molecule has 5 atom stereocenters. The lowest BCUT2D eigenvalue weighted by Gasteiger charge is -2.44. The summed E-state index contributed by atoms with van der Waals surface area (Å²) in [6, 6.07) is 9.83. The third-order valence-electron chi connectivity index (χ3n) is 4.34. The van der Waals surface area contributed by atoms with Crippen LogP contribution in [0, 0.1) is 0 Å². The number of benzene rings is 1. The fourth-order valence-corrected chi connectivity index (χ4v) is 3.14. The molecule has 2 rings (SSSR count). The standard InChI is InChI=1S/C22H30O7/c1-5-12-26-19-18(15-25-14-17-10-8-7-9-11-17)29-22(27-13-6-2)21(20(19)24-4)28-16(3)23/h5-11,18-22H,1-2,12-15H2,3-4H3/t18-,19-,20+,21-,22+/m1/s1. The van der Waals surface area contributed by atoms with Crippen LogP contribution in [0.4, 0.5) is 0 Å². The summed E-state index contributed by atoms with van der Waals surface area (Å²) in [5, 5.41) is 0. The zero-order valence-electron chi connectivity index (χ0n) is 17.0. The van der Waals surface area contributed by atoms with E-state index in [9.17, 15) is 4.79 Å². The highest BCUT2D eigenvalue weighted by Gasteiger charge is 2.49. The molecule has 7 heteroatoms. The largest absolute Gasteiger partial charge is 0.454 e. The van der Waals surface area contributed by atoms with Gasteiger partial charge >= 0.3 is 5.97 Å². The number of hydrogen-bond acceptors (Lipinski definition) is 7. The van der Waals surface area contributed by atoms with Gasteiger partial charge < -0.3 is 28.4 Å². The lowest BCUT2D eigenvalue weighted by molar-refractivity contribution is -0.312. The SMILES string of the molecule is C=CCO[C@H]1O[C@H](COCc2ccccc2)[C@@H](OCC=C)[C@H](OC)[C@H]1OC(C)=O. The van der Waals surface area contributed by atoms with Crippen LogP contribution in [-0.4, -0.2) is 63.6 Å². The van der Waals surface area contributed by atoms with Crippen LogP contribution in [-0.2, 0) is 39.8 Å². The van der Waals surface area contributed by atoms with E-state index in [4.69, 9.17) is 28.4 Å². The Labute approximate surface area is 172 Å². The number of esters is 1. The molecule has 0 radical (unpaired) electrons. The molecule has 0 unspecified atom stereocenters. The zero-order valence-corrected chi connectivity index (χ0v) is 17.0. The van der Waals surface area contributed by atoms with E-state index in [1.807, 2.05) is 30.3 Å². The summed E-state index contributed by atoms with van der Waals surface area (Å²) in [6.07, 6.45) is -0.0412. The first-order valence-corrected chi connectivity index (χ1v) is 9.52. The minimum atomic E-state index is -0.837. The van der Waals surface area contributed by atoms with Gasteiger partial charge in [0.05, 0.1) is 26.4 Å². The van der Waals surface area contributed by atoms with Crippen molar-refractivity contribution in [3.05, 3.63) is 61.2 Å². The summed E-state index contributed by atoms with van der Waals surface area (Å²) in [4.78, 5) is 11.6. The van der Waals surface area contributed by atoms with Crippen molar-refractivity contribution in [2.45, 2.75) is 44.2 Å². The second-order valence-electron chi connectivity index (χ2n) is 6.53. The van der Waals surface area contributed by atoms with Gasteiger partial charge in [-0.3, -0.25) is 4.79 Å². The van der Waals surface area contributed by atoms with Crippen molar-refractivity contribution in [1.29, 1.82) is 0 Å². The first-order valence-electron chi connectivity index (χ1n) is 9.52. The Kier molecular flexibility index (Phi) is 10.0. The lowest BCUT2D eigenvalue weighted by Crippen LogP contribution is -2.62. The third-order valence-corrected chi connectivity index (χ3v) is 4.34. The normalized spacial score (nSPS) is 26.6. The Morgan fingerprint density at radius 3 is 2.38 bits per heavy atom. The molecule has 0 spiro atoms. The Balaban J connectivity index is 2.14. The van der Waals surface area contributed by atoms with Crippen LogP contribution in [0.25, 0.3) is 0 Å². The van der Waals surface area contributed by atoms with Gasteiger partial charge in [-0.05, 0) is 5.56 Å². The molecule has 0 aliphatic carbocycles. The highest BCUT2D eigenvalue weighted by molar-refractivity contribution is 5.66. The first kappa shape index (κ1) is 23.3. The topological polar surface area (TPSA) is 72.5 Å². The smallest absolute Gasteiger partial charge is 0.303 e. The fourth-order valence-electron chi connectivity index (χ4n) is 3.14. The minimum Gasteiger partial charge on any atom is -0.454 e. The molecule has 1 aliphatic heterocycles. The van der Waals surface area contributed by atoms with E-state index in [2.05, 4.69) is 13.2 Å². The number of hydrogen-bond donors (Lipinski definition) is 0. The van der Waals surface area contributed by atoms with Gasteiger partial charge in [-0.1, -0.05) is 42.5 Å². The van der Waals surface area contributed by atoms with Crippen LogP contribution < -0.4 is 0 Å². The van der Waals surface area contributed by atoms with Crippen LogP contribution >= 0.6 is 0 Å². The predicted octanol–water partition coefficient (Wildman–Crippen LogP) is 2.65. The monoisotopic (exact) mass is 406 g/mol. The van der Waals surface area contributed by atoms with Crippen molar-refractivity contribution >= 4 is 5.97 Å². The summed E-state index contributed by atoms with van der Waals surface area (Å²) in [7, 11) is 1.53. The van der Waals surface area contributed by atoms with E-state index in [0.29, 0.717) is 6.61 Å². The van der Waals surface area contributed by atoms with Crippen molar-refractivity contribution in [2.24, 2.45) is 0 Å². The van der Waals surface area contributed by atoms with Crippen LogP contribution in [0.5, 0.6) is 0 Å².